The van der Waals surface area contributed by atoms with Crippen LogP contribution < -0.4 is 0 Å². The summed E-state index contributed by atoms with van der Waals surface area (Å²) in [7, 11) is 0. The van der Waals surface area contributed by atoms with Crippen LogP contribution in [0.25, 0.3) is 0 Å². The van der Waals surface area contributed by atoms with Gasteiger partial charge in [-0.1, -0.05) is 13.8 Å². The Labute approximate surface area is 139 Å². The molecule has 1 aliphatic heterocycles. The topological polar surface area (TPSA) is 55.3 Å². The van der Waals surface area contributed by atoms with Crippen LogP contribution in [0.5, 0.6) is 0 Å². The molecular formula is C16H22F3N3O2. The van der Waals surface area contributed by atoms with Gasteiger partial charge in [0.2, 0.25) is 0 Å². The number of fused-ring (bicyclic) bond motifs is 1. The third-order valence-electron chi connectivity index (χ3n) is 3.52. The van der Waals surface area contributed by atoms with Crippen LogP contribution in [0.15, 0.2) is 0 Å². The summed E-state index contributed by atoms with van der Waals surface area (Å²) in [5, 5.41) is 0. The summed E-state index contributed by atoms with van der Waals surface area (Å²) in [6, 6.07) is 0. The number of alkyl halides is 3. The third kappa shape index (κ3) is 4.15. The van der Waals surface area contributed by atoms with Gasteiger partial charge in [0.25, 0.3) is 0 Å². The number of carbonyl (C=O) groups is 1. The van der Waals surface area contributed by atoms with Crippen molar-refractivity contribution in [1.29, 1.82) is 0 Å². The van der Waals surface area contributed by atoms with Crippen LogP contribution in [0.3, 0.4) is 0 Å². The molecule has 24 heavy (non-hydrogen) atoms. The number of halogens is 3. The number of hydrogen-bond donors (Lipinski definition) is 0. The predicted octanol–water partition coefficient (Wildman–Crippen LogP) is 3.91. The lowest BCUT2D eigenvalue weighted by Crippen LogP contribution is -2.41. The van der Waals surface area contributed by atoms with Gasteiger partial charge in [-0.05, 0) is 27.2 Å². The molecule has 1 aliphatic rings. The molecule has 0 aliphatic carbocycles. The zero-order valence-electron chi connectivity index (χ0n) is 14.5. The average Bonchev–Trinajstić information content (AvgIpc) is 2.42. The second kappa shape index (κ2) is 6.22. The molecule has 1 aromatic rings. The van der Waals surface area contributed by atoms with E-state index < -0.39 is 23.6 Å². The van der Waals surface area contributed by atoms with Gasteiger partial charge >= 0.3 is 12.3 Å². The van der Waals surface area contributed by atoms with Gasteiger partial charge < -0.3 is 9.64 Å². The minimum Gasteiger partial charge on any atom is -0.444 e. The second-order valence-electron chi connectivity index (χ2n) is 7.16. The summed E-state index contributed by atoms with van der Waals surface area (Å²) >= 11 is 0. The van der Waals surface area contributed by atoms with Gasteiger partial charge in [0.05, 0.1) is 12.2 Å². The number of nitrogens with zero attached hydrogens (tertiary/aromatic N) is 3. The van der Waals surface area contributed by atoms with Crippen molar-refractivity contribution in [2.24, 2.45) is 0 Å². The molecule has 0 spiro atoms. The molecule has 1 aromatic heterocycles. The lowest BCUT2D eigenvalue weighted by Gasteiger charge is -2.31. The van der Waals surface area contributed by atoms with Crippen molar-refractivity contribution in [3.05, 3.63) is 22.8 Å². The first kappa shape index (κ1) is 18.5. The van der Waals surface area contributed by atoms with Crippen molar-refractivity contribution in [2.75, 3.05) is 6.54 Å². The van der Waals surface area contributed by atoms with Crippen molar-refractivity contribution in [3.63, 3.8) is 0 Å². The average molecular weight is 345 g/mol. The van der Waals surface area contributed by atoms with Crippen molar-refractivity contribution in [1.82, 2.24) is 14.9 Å². The Bertz CT molecular complexity index is 637. The van der Waals surface area contributed by atoms with Gasteiger partial charge in [-0.2, -0.15) is 13.2 Å². The zero-order valence-corrected chi connectivity index (χ0v) is 14.5. The van der Waals surface area contributed by atoms with Gasteiger partial charge in [-0.15, -0.1) is 0 Å². The fourth-order valence-electron chi connectivity index (χ4n) is 2.42. The predicted molar refractivity (Wildman–Crippen MR) is 81.5 cm³/mol. The van der Waals surface area contributed by atoms with Gasteiger partial charge in [0.15, 0.2) is 5.69 Å². The highest BCUT2D eigenvalue weighted by Gasteiger charge is 2.39. The van der Waals surface area contributed by atoms with Crippen molar-refractivity contribution in [2.45, 2.75) is 65.3 Å². The maximum atomic E-state index is 13.3. The van der Waals surface area contributed by atoms with Gasteiger partial charge in [-0.25, -0.2) is 14.8 Å². The number of carbonyl (C=O) groups excluding carboxylic acids is 1. The van der Waals surface area contributed by atoms with E-state index in [4.69, 9.17) is 4.74 Å². The number of amides is 1. The van der Waals surface area contributed by atoms with E-state index in [1.807, 2.05) is 0 Å². The van der Waals surface area contributed by atoms with Crippen LogP contribution in [-0.2, 0) is 23.9 Å². The summed E-state index contributed by atoms with van der Waals surface area (Å²) in [5.74, 6) is -0.111. The van der Waals surface area contributed by atoms with Gasteiger partial charge in [-0.3, -0.25) is 0 Å². The van der Waals surface area contributed by atoms with E-state index in [0.717, 1.165) is 0 Å². The first-order valence-corrected chi connectivity index (χ1v) is 7.83. The molecule has 0 saturated carbocycles. The molecular weight excluding hydrogens is 323 g/mol. The lowest BCUT2D eigenvalue weighted by atomic mass is 10.0. The van der Waals surface area contributed by atoms with E-state index >= 15 is 0 Å². The van der Waals surface area contributed by atoms with Crippen molar-refractivity contribution >= 4 is 6.09 Å². The highest BCUT2D eigenvalue weighted by molar-refractivity contribution is 5.68. The summed E-state index contributed by atoms with van der Waals surface area (Å²) < 4.78 is 45.2. The van der Waals surface area contributed by atoms with Crippen LogP contribution in [0.1, 0.15) is 63.3 Å². The highest BCUT2D eigenvalue weighted by Crippen LogP contribution is 2.34. The van der Waals surface area contributed by atoms with Crippen LogP contribution >= 0.6 is 0 Å². The highest BCUT2D eigenvalue weighted by atomic mass is 19.4. The Morgan fingerprint density at radius 3 is 2.33 bits per heavy atom. The largest absolute Gasteiger partial charge is 0.444 e. The number of hydrogen-bond acceptors (Lipinski definition) is 4. The first-order valence-electron chi connectivity index (χ1n) is 7.83. The Hall–Kier alpha value is -1.86. The lowest BCUT2D eigenvalue weighted by molar-refractivity contribution is -0.142. The van der Waals surface area contributed by atoms with Gasteiger partial charge in [0.1, 0.15) is 11.4 Å². The normalized spacial score (nSPS) is 15.5. The Balaban J connectivity index is 2.37. The van der Waals surface area contributed by atoms with E-state index in [2.05, 4.69) is 9.97 Å². The molecule has 0 atom stereocenters. The smallest absolute Gasteiger partial charge is 0.433 e. The Morgan fingerprint density at radius 2 is 1.83 bits per heavy atom. The van der Waals surface area contributed by atoms with Crippen LogP contribution in [0.2, 0.25) is 0 Å². The third-order valence-corrected chi connectivity index (χ3v) is 3.52. The SMILES string of the molecule is CC(C)c1nc2c(c(C(F)(F)F)n1)CCN(C(=O)OC(C)(C)C)C2. The molecule has 0 bridgehead atoms. The minimum atomic E-state index is -4.54. The molecule has 0 saturated heterocycles. The molecule has 5 nitrogen and oxygen atoms in total. The molecule has 2 rings (SSSR count). The first-order chi connectivity index (χ1) is 10.9. The molecule has 8 heteroatoms. The minimum absolute atomic E-state index is 0.00440. The van der Waals surface area contributed by atoms with Crippen LogP contribution in [0.4, 0.5) is 18.0 Å². The Kier molecular flexibility index (Phi) is 4.79. The molecule has 134 valence electrons. The maximum Gasteiger partial charge on any atom is 0.433 e. The van der Waals surface area contributed by atoms with E-state index in [9.17, 15) is 18.0 Å². The number of ether oxygens (including phenoxy) is 1. The van der Waals surface area contributed by atoms with Crippen molar-refractivity contribution < 1.29 is 22.7 Å². The molecule has 1 amide bonds. The monoisotopic (exact) mass is 345 g/mol. The van der Waals surface area contributed by atoms with E-state index in [-0.39, 0.29) is 42.5 Å². The van der Waals surface area contributed by atoms with Crippen molar-refractivity contribution in [3.8, 4) is 0 Å². The fourth-order valence-corrected chi connectivity index (χ4v) is 2.42. The number of rotatable bonds is 1. The second-order valence-corrected chi connectivity index (χ2v) is 7.16. The molecule has 0 aromatic carbocycles. The quantitative estimate of drug-likeness (QED) is 0.774. The van der Waals surface area contributed by atoms with Crippen LogP contribution in [-0.4, -0.2) is 33.1 Å². The van der Waals surface area contributed by atoms with Crippen LogP contribution in [0, 0.1) is 0 Å². The number of aromatic nitrogens is 2. The molecule has 2 heterocycles. The van der Waals surface area contributed by atoms with E-state index in [1.54, 1.807) is 34.6 Å². The van der Waals surface area contributed by atoms with E-state index in [0.29, 0.717) is 0 Å². The maximum absolute atomic E-state index is 13.3. The molecule has 0 radical (unpaired) electrons. The molecule has 0 unspecified atom stereocenters. The molecule has 0 N–H and O–H groups in total. The Morgan fingerprint density at radius 1 is 1.21 bits per heavy atom. The zero-order chi connectivity index (χ0) is 18.3. The standard InChI is InChI=1S/C16H22F3N3O2/c1-9(2)13-20-11-8-22(14(23)24-15(3,4)5)7-6-10(11)12(21-13)16(17,18)19/h9H,6-8H2,1-5H3. The summed E-state index contributed by atoms with van der Waals surface area (Å²) in [5.41, 5.74) is -1.23. The van der Waals surface area contributed by atoms with Gasteiger partial charge in [0, 0.05) is 18.0 Å². The fraction of sp³-hybridized carbons (Fsp3) is 0.688. The van der Waals surface area contributed by atoms with E-state index in [1.165, 1.54) is 4.90 Å². The summed E-state index contributed by atoms with van der Waals surface area (Å²) in [4.78, 5) is 21.5. The summed E-state index contributed by atoms with van der Waals surface area (Å²) in [6.45, 7) is 8.83. The summed E-state index contributed by atoms with van der Waals surface area (Å²) in [6.07, 6.45) is -5.03. The molecule has 0 fully saturated rings.